The largest absolute Gasteiger partial charge is 0.497 e. The Hall–Kier alpha value is -2.76. The lowest BCUT2D eigenvalue weighted by molar-refractivity contribution is 0.0646. The summed E-state index contributed by atoms with van der Waals surface area (Å²) >= 11 is 0. The van der Waals surface area contributed by atoms with Crippen LogP contribution in [0.4, 0.5) is 8.78 Å². The third kappa shape index (κ3) is 3.74. The van der Waals surface area contributed by atoms with Gasteiger partial charge in [-0.2, -0.15) is 0 Å². The highest BCUT2D eigenvalue weighted by atomic mass is 19.1. The molecule has 0 atom stereocenters. The fourth-order valence-corrected chi connectivity index (χ4v) is 3.16. The Kier molecular flexibility index (Phi) is 5.30. The van der Waals surface area contributed by atoms with E-state index in [1.165, 1.54) is 43.5 Å². The summed E-state index contributed by atoms with van der Waals surface area (Å²) in [5, 5.41) is 0. The zero-order chi connectivity index (χ0) is 18.7. The number of rotatable bonds is 4. The topological polar surface area (TPSA) is 46.6 Å². The highest BCUT2D eigenvalue weighted by Crippen LogP contribution is 2.24. The van der Waals surface area contributed by atoms with Crippen molar-refractivity contribution >= 4 is 11.7 Å². The predicted molar refractivity (Wildman–Crippen MR) is 92.3 cm³/mol. The molecule has 0 bridgehead atoms. The summed E-state index contributed by atoms with van der Waals surface area (Å²) in [6.45, 7) is 0.754. The Morgan fingerprint density at radius 2 is 1.69 bits per heavy atom. The van der Waals surface area contributed by atoms with Crippen molar-refractivity contribution in [2.45, 2.75) is 12.8 Å². The number of likely N-dealkylation sites (tertiary alicyclic amines) is 1. The Bertz CT molecular complexity index is 812. The number of carbonyl (C=O) groups is 2. The number of hydrogen-bond acceptors (Lipinski definition) is 3. The molecule has 2 aromatic rings. The number of hydrogen-bond donors (Lipinski definition) is 0. The van der Waals surface area contributed by atoms with Crippen molar-refractivity contribution in [2.75, 3.05) is 20.2 Å². The molecule has 1 saturated heterocycles. The number of carbonyl (C=O) groups excluding carboxylic acids is 2. The van der Waals surface area contributed by atoms with Gasteiger partial charge >= 0.3 is 0 Å². The van der Waals surface area contributed by atoms with Crippen LogP contribution in [-0.2, 0) is 0 Å². The molecule has 0 N–H and O–H groups in total. The quantitative estimate of drug-likeness (QED) is 0.782. The summed E-state index contributed by atoms with van der Waals surface area (Å²) < 4.78 is 32.0. The van der Waals surface area contributed by atoms with Gasteiger partial charge in [-0.3, -0.25) is 9.59 Å². The first-order chi connectivity index (χ1) is 12.5. The minimum Gasteiger partial charge on any atom is -0.497 e. The zero-order valence-corrected chi connectivity index (χ0v) is 14.4. The van der Waals surface area contributed by atoms with Gasteiger partial charge in [-0.15, -0.1) is 0 Å². The van der Waals surface area contributed by atoms with Crippen LogP contribution in [0.25, 0.3) is 0 Å². The maximum atomic E-state index is 14.1. The van der Waals surface area contributed by atoms with Gasteiger partial charge < -0.3 is 9.64 Å². The van der Waals surface area contributed by atoms with Gasteiger partial charge in [-0.05, 0) is 49.2 Å². The monoisotopic (exact) mass is 359 g/mol. The number of piperidine rings is 1. The van der Waals surface area contributed by atoms with E-state index in [-0.39, 0.29) is 23.1 Å². The summed E-state index contributed by atoms with van der Waals surface area (Å²) in [6, 6.07) is 9.60. The van der Waals surface area contributed by atoms with Crippen LogP contribution < -0.4 is 4.74 Å². The lowest BCUT2D eigenvalue weighted by Gasteiger charge is -2.31. The smallest absolute Gasteiger partial charge is 0.256 e. The summed E-state index contributed by atoms with van der Waals surface area (Å²) in [6.07, 6.45) is 0.999. The number of amides is 1. The minimum atomic E-state index is -0.626. The molecule has 0 aromatic heterocycles. The third-order valence-electron chi connectivity index (χ3n) is 4.69. The van der Waals surface area contributed by atoms with Gasteiger partial charge in [0.2, 0.25) is 0 Å². The second-order valence-corrected chi connectivity index (χ2v) is 6.28. The van der Waals surface area contributed by atoms with Crippen LogP contribution in [0.5, 0.6) is 5.75 Å². The number of benzene rings is 2. The molecular formula is C20H19F2NO3. The van der Waals surface area contributed by atoms with Crippen LogP contribution in [0.2, 0.25) is 0 Å². The van der Waals surface area contributed by atoms with E-state index in [2.05, 4.69) is 0 Å². The van der Waals surface area contributed by atoms with Crippen molar-refractivity contribution in [1.82, 2.24) is 4.90 Å². The molecule has 0 spiro atoms. The third-order valence-corrected chi connectivity index (χ3v) is 4.69. The van der Waals surface area contributed by atoms with Gasteiger partial charge in [0.25, 0.3) is 5.91 Å². The number of halogens is 2. The van der Waals surface area contributed by atoms with Gasteiger partial charge in [0.1, 0.15) is 17.4 Å². The molecule has 1 heterocycles. The molecule has 6 heteroatoms. The number of Topliss-reactive ketones (excluding diaryl/α,β-unsaturated/α-hetero) is 1. The predicted octanol–water partition coefficient (Wildman–Crippen LogP) is 3.71. The molecule has 0 unspecified atom stereocenters. The lowest BCUT2D eigenvalue weighted by atomic mass is 9.88. The fourth-order valence-electron chi connectivity index (χ4n) is 3.16. The number of methoxy groups -OCH3 is 1. The van der Waals surface area contributed by atoms with E-state index < -0.39 is 11.7 Å². The van der Waals surface area contributed by atoms with Gasteiger partial charge in [0.05, 0.1) is 12.7 Å². The SMILES string of the molecule is COc1ccc(C(=O)N2CCC(C(=O)c3ccc(F)cc3)CC2)c(F)c1. The van der Waals surface area contributed by atoms with Crippen LogP contribution in [0.15, 0.2) is 42.5 Å². The second-order valence-electron chi connectivity index (χ2n) is 6.28. The molecule has 2 aromatic carbocycles. The maximum Gasteiger partial charge on any atom is 0.256 e. The lowest BCUT2D eigenvalue weighted by Crippen LogP contribution is -2.40. The first-order valence-electron chi connectivity index (χ1n) is 8.42. The summed E-state index contributed by atoms with van der Waals surface area (Å²) in [5.41, 5.74) is 0.464. The van der Waals surface area contributed by atoms with Crippen LogP contribution in [0.1, 0.15) is 33.6 Å². The number of ether oxygens (including phenoxy) is 1. The van der Waals surface area contributed by atoms with E-state index in [0.717, 1.165) is 0 Å². The van der Waals surface area contributed by atoms with Gasteiger partial charge in [-0.25, -0.2) is 8.78 Å². The molecule has 1 fully saturated rings. The molecule has 0 aliphatic carbocycles. The highest BCUT2D eigenvalue weighted by molar-refractivity contribution is 5.98. The normalized spacial score (nSPS) is 15.0. The van der Waals surface area contributed by atoms with Crippen molar-refractivity contribution in [2.24, 2.45) is 5.92 Å². The van der Waals surface area contributed by atoms with Crippen molar-refractivity contribution in [3.8, 4) is 5.75 Å². The van der Waals surface area contributed by atoms with E-state index in [9.17, 15) is 18.4 Å². The molecule has 3 rings (SSSR count). The molecule has 1 amide bonds. The van der Waals surface area contributed by atoms with E-state index in [0.29, 0.717) is 37.2 Å². The van der Waals surface area contributed by atoms with Crippen LogP contribution >= 0.6 is 0 Å². The Morgan fingerprint density at radius 3 is 2.27 bits per heavy atom. The average molecular weight is 359 g/mol. The number of nitrogens with zero attached hydrogens (tertiary/aromatic N) is 1. The van der Waals surface area contributed by atoms with Gasteiger partial charge in [0, 0.05) is 30.6 Å². The molecule has 4 nitrogen and oxygen atoms in total. The first-order valence-corrected chi connectivity index (χ1v) is 8.42. The summed E-state index contributed by atoms with van der Waals surface area (Å²) in [4.78, 5) is 26.6. The standard InChI is InChI=1S/C20H19F2NO3/c1-26-16-6-7-17(18(22)12-16)20(25)23-10-8-14(9-11-23)19(24)13-2-4-15(21)5-3-13/h2-7,12,14H,8-11H2,1H3. The minimum absolute atomic E-state index is 0.00545. The first kappa shape index (κ1) is 18.0. The molecule has 1 aliphatic rings. The van der Waals surface area contributed by atoms with Crippen LogP contribution in [0, 0.1) is 17.6 Å². The van der Waals surface area contributed by atoms with E-state index in [4.69, 9.17) is 4.74 Å². The van der Waals surface area contributed by atoms with Gasteiger partial charge in [0.15, 0.2) is 5.78 Å². The Balaban J connectivity index is 1.63. The van der Waals surface area contributed by atoms with Crippen molar-refractivity contribution in [1.29, 1.82) is 0 Å². The zero-order valence-electron chi connectivity index (χ0n) is 14.4. The van der Waals surface area contributed by atoms with Crippen molar-refractivity contribution in [3.63, 3.8) is 0 Å². The van der Waals surface area contributed by atoms with Gasteiger partial charge in [-0.1, -0.05) is 0 Å². The highest BCUT2D eigenvalue weighted by Gasteiger charge is 2.29. The fraction of sp³-hybridized carbons (Fsp3) is 0.300. The molecule has 1 aliphatic heterocycles. The molecule has 26 heavy (non-hydrogen) atoms. The van der Waals surface area contributed by atoms with Crippen LogP contribution in [0.3, 0.4) is 0 Å². The summed E-state index contributed by atoms with van der Waals surface area (Å²) in [5.74, 6) is -1.32. The summed E-state index contributed by atoms with van der Waals surface area (Å²) in [7, 11) is 1.43. The van der Waals surface area contributed by atoms with E-state index in [1.807, 2.05) is 0 Å². The molecule has 0 radical (unpaired) electrons. The van der Waals surface area contributed by atoms with Crippen molar-refractivity contribution < 1.29 is 23.1 Å². The Labute approximate surface area is 150 Å². The van der Waals surface area contributed by atoms with Crippen LogP contribution in [-0.4, -0.2) is 36.8 Å². The maximum absolute atomic E-state index is 14.1. The average Bonchev–Trinajstić information content (AvgIpc) is 2.67. The van der Waals surface area contributed by atoms with Crippen molar-refractivity contribution in [3.05, 3.63) is 65.2 Å². The molecule has 136 valence electrons. The number of ketones is 1. The van der Waals surface area contributed by atoms with E-state index >= 15 is 0 Å². The molecular weight excluding hydrogens is 340 g/mol. The molecule has 0 saturated carbocycles. The van der Waals surface area contributed by atoms with E-state index in [1.54, 1.807) is 11.0 Å². The Morgan fingerprint density at radius 1 is 1.04 bits per heavy atom. The second kappa shape index (κ2) is 7.64.